The summed E-state index contributed by atoms with van der Waals surface area (Å²) in [5, 5.41) is 3.44. The maximum absolute atomic E-state index is 12.9. The van der Waals surface area contributed by atoms with Crippen molar-refractivity contribution < 1.29 is 23.5 Å². The van der Waals surface area contributed by atoms with Gasteiger partial charge in [-0.1, -0.05) is 68.6 Å². The molecular formula is C25H26ClNO6. The molecule has 174 valence electrons. The second kappa shape index (κ2) is 11.5. The predicted molar refractivity (Wildman–Crippen MR) is 126 cm³/mol. The number of alkyl carbamates (subject to hydrolysis) is 1. The Morgan fingerprint density at radius 1 is 1.12 bits per heavy atom. The second-order valence-corrected chi connectivity index (χ2v) is 7.95. The van der Waals surface area contributed by atoms with Crippen LogP contribution in [0.4, 0.5) is 4.79 Å². The fourth-order valence-corrected chi connectivity index (χ4v) is 3.54. The Labute approximate surface area is 196 Å². The molecule has 0 unspecified atom stereocenters. The Morgan fingerprint density at radius 2 is 1.88 bits per heavy atom. The van der Waals surface area contributed by atoms with Crippen LogP contribution in [-0.2, 0) is 22.6 Å². The second-order valence-electron chi connectivity index (χ2n) is 7.54. The molecule has 0 aliphatic rings. The Bertz CT molecular complexity index is 1170. The predicted octanol–water partition coefficient (Wildman–Crippen LogP) is 5.40. The van der Waals surface area contributed by atoms with Crippen LogP contribution in [-0.4, -0.2) is 18.1 Å². The van der Waals surface area contributed by atoms with Crippen LogP contribution in [0.5, 0.6) is 5.75 Å². The molecule has 0 saturated carbocycles. The molecule has 0 fully saturated rings. The molecule has 7 nitrogen and oxygen atoms in total. The van der Waals surface area contributed by atoms with Crippen molar-refractivity contribution in [3.8, 4) is 5.75 Å². The highest BCUT2D eigenvalue weighted by Gasteiger charge is 2.24. The zero-order chi connectivity index (χ0) is 23.8. The number of nitrogens with one attached hydrogen (secondary N) is 1. The lowest BCUT2D eigenvalue weighted by molar-refractivity contribution is -0.136. The zero-order valence-electron chi connectivity index (χ0n) is 18.6. The molecule has 3 rings (SSSR count). The lowest BCUT2D eigenvalue weighted by Gasteiger charge is -2.18. The van der Waals surface area contributed by atoms with E-state index >= 15 is 0 Å². The van der Waals surface area contributed by atoms with Crippen LogP contribution < -0.4 is 15.7 Å². The Kier molecular flexibility index (Phi) is 8.49. The van der Waals surface area contributed by atoms with Gasteiger partial charge in [-0.25, -0.2) is 14.4 Å². The fourth-order valence-electron chi connectivity index (χ4n) is 3.34. The van der Waals surface area contributed by atoms with Gasteiger partial charge in [0.05, 0.1) is 5.02 Å². The van der Waals surface area contributed by atoms with Gasteiger partial charge in [-0.05, 0) is 30.0 Å². The maximum atomic E-state index is 12.9. The molecule has 0 radical (unpaired) electrons. The van der Waals surface area contributed by atoms with Gasteiger partial charge < -0.3 is 19.2 Å². The van der Waals surface area contributed by atoms with Crippen LogP contribution in [0, 0.1) is 0 Å². The SMILES string of the molecule is CCCC[C@H](NC(=O)OCc1ccccc1)C(=O)Oc1cc2oc(=O)cc(CC)c2cc1Cl. The summed E-state index contributed by atoms with van der Waals surface area (Å²) < 4.78 is 16.0. The number of benzene rings is 2. The van der Waals surface area contributed by atoms with E-state index in [0.29, 0.717) is 24.6 Å². The van der Waals surface area contributed by atoms with Gasteiger partial charge in [0.1, 0.15) is 18.2 Å². The minimum Gasteiger partial charge on any atom is -0.445 e. The number of carbonyl (C=O) groups excluding carboxylic acids is 2. The van der Waals surface area contributed by atoms with Crippen molar-refractivity contribution in [3.05, 3.63) is 75.1 Å². The van der Waals surface area contributed by atoms with Crippen molar-refractivity contribution in [2.75, 3.05) is 0 Å². The number of amides is 1. The number of hydrogen-bond donors (Lipinski definition) is 1. The quantitative estimate of drug-likeness (QED) is 0.255. The molecular weight excluding hydrogens is 446 g/mol. The maximum Gasteiger partial charge on any atom is 0.408 e. The van der Waals surface area contributed by atoms with E-state index in [1.165, 1.54) is 12.1 Å². The molecule has 3 aromatic rings. The first-order valence-electron chi connectivity index (χ1n) is 10.9. The minimum atomic E-state index is -0.922. The van der Waals surface area contributed by atoms with Gasteiger partial charge in [-0.3, -0.25) is 0 Å². The summed E-state index contributed by atoms with van der Waals surface area (Å²) in [6.45, 7) is 3.97. The van der Waals surface area contributed by atoms with Crippen molar-refractivity contribution in [2.24, 2.45) is 0 Å². The fraction of sp³-hybridized carbons (Fsp3) is 0.320. The lowest BCUT2D eigenvalue weighted by atomic mass is 10.1. The summed E-state index contributed by atoms with van der Waals surface area (Å²) in [5.74, 6) is -0.637. The number of aryl methyl sites for hydroxylation is 1. The first-order valence-corrected chi connectivity index (χ1v) is 11.2. The molecule has 1 atom stereocenters. The normalized spacial score (nSPS) is 11.7. The number of fused-ring (bicyclic) bond motifs is 1. The molecule has 0 aliphatic carbocycles. The first-order chi connectivity index (χ1) is 15.9. The number of carbonyl (C=O) groups is 2. The van der Waals surface area contributed by atoms with Crippen LogP contribution in [0.15, 0.2) is 57.7 Å². The number of rotatable bonds is 9. The monoisotopic (exact) mass is 471 g/mol. The van der Waals surface area contributed by atoms with E-state index < -0.39 is 23.7 Å². The third-order valence-corrected chi connectivity index (χ3v) is 5.41. The summed E-state index contributed by atoms with van der Waals surface area (Å²) in [4.78, 5) is 37.0. The van der Waals surface area contributed by atoms with Crippen molar-refractivity contribution in [1.29, 1.82) is 0 Å². The molecule has 1 heterocycles. The van der Waals surface area contributed by atoms with Crippen molar-refractivity contribution in [2.45, 2.75) is 52.2 Å². The average molecular weight is 472 g/mol. The van der Waals surface area contributed by atoms with Gasteiger partial charge in [0.25, 0.3) is 0 Å². The van der Waals surface area contributed by atoms with Gasteiger partial charge >= 0.3 is 17.7 Å². The summed E-state index contributed by atoms with van der Waals surface area (Å²) in [5.41, 5.74) is 1.38. The average Bonchev–Trinajstić information content (AvgIpc) is 2.81. The van der Waals surface area contributed by atoms with Gasteiger partial charge in [-0.15, -0.1) is 0 Å². The Balaban J connectivity index is 1.73. The number of hydrogen-bond acceptors (Lipinski definition) is 6. The van der Waals surface area contributed by atoms with E-state index in [1.807, 2.05) is 44.2 Å². The number of ether oxygens (including phenoxy) is 2. The van der Waals surface area contributed by atoms with Crippen LogP contribution in [0.2, 0.25) is 5.02 Å². The van der Waals surface area contributed by atoms with Crippen LogP contribution in [0.1, 0.15) is 44.2 Å². The lowest BCUT2D eigenvalue weighted by Crippen LogP contribution is -2.43. The molecule has 2 aromatic carbocycles. The summed E-state index contributed by atoms with van der Waals surface area (Å²) >= 11 is 6.34. The molecule has 0 aliphatic heterocycles. The highest BCUT2D eigenvalue weighted by molar-refractivity contribution is 6.33. The van der Waals surface area contributed by atoms with E-state index in [2.05, 4.69) is 5.32 Å². The van der Waals surface area contributed by atoms with Crippen LogP contribution in [0.25, 0.3) is 11.0 Å². The third kappa shape index (κ3) is 6.58. The molecule has 1 amide bonds. The largest absolute Gasteiger partial charge is 0.445 e. The first kappa shape index (κ1) is 24.3. The minimum absolute atomic E-state index is 0.0477. The third-order valence-electron chi connectivity index (χ3n) is 5.11. The number of esters is 1. The van der Waals surface area contributed by atoms with E-state index in [9.17, 15) is 14.4 Å². The molecule has 1 aromatic heterocycles. The number of halogens is 1. The molecule has 33 heavy (non-hydrogen) atoms. The van der Waals surface area contributed by atoms with E-state index in [4.69, 9.17) is 25.5 Å². The highest BCUT2D eigenvalue weighted by Crippen LogP contribution is 2.31. The molecule has 8 heteroatoms. The highest BCUT2D eigenvalue weighted by atomic mass is 35.5. The van der Waals surface area contributed by atoms with Crippen LogP contribution >= 0.6 is 11.6 Å². The molecule has 0 saturated heterocycles. The summed E-state index contributed by atoms with van der Waals surface area (Å²) in [6.07, 6.45) is 1.78. The summed E-state index contributed by atoms with van der Waals surface area (Å²) in [6, 6.07) is 12.7. The van der Waals surface area contributed by atoms with Gasteiger partial charge in [0, 0.05) is 17.5 Å². The zero-order valence-corrected chi connectivity index (χ0v) is 19.3. The smallest absolute Gasteiger partial charge is 0.408 e. The van der Waals surface area contributed by atoms with Gasteiger partial charge in [0.2, 0.25) is 0 Å². The molecule has 0 bridgehead atoms. The Morgan fingerprint density at radius 3 is 2.58 bits per heavy atom. The van der Waals surface area contributed by atoms with Crippen molar-refractivity contribution in [1.82, 2.24) is 5.32 Å². The topological polar surface area (TPSA) is 94.8 Å². The van der Waals surface area contributed by atoms with Gasteiger partial charge in [0.15, 0.2) is 5.75 Å². The molecule has 1 N–H and O–H groups in total. The molecule has 0 spiro atoms. The standard InChI is InChI=1S/C25H26ClNO6/c1-3-5-11-20(27-25(30)31-15-16-9-7-6-8-10-16)24(29)33-22-14-21-18(13-19(22)26)17(4-2)12-23(28)32-21/h6-10,12-14,20H,3-5,11,15H2,1-2H3,(H,27,30)/t20-/m0/s1. The number of unbranched alkanes of at least 4 members (excludes halogenated alkanes) is 1. The van der Waals surface area contributed by atoms with Gasteiger partial charge in [-0.2, -0.15) is 0 Å². The summed E-state index contributed by atoms with van der Waals surface area (Å²) in [7, 11) is 0. The van der Waals surface area contributed by atoms with E-state index in [0.717, 1.165) is 17.5 Å². The van der Waals surface area contributed by atoms with Crippen LogP contribution in [0.3, 0.4) is 0 Å². The van der Waals surface area contributed by atoms with Crippen molar-refractivity contribution in [3.63, 3.8) is 0 Å². The van der Waals surface area contributed by atoms with E-state index in [-0.39, 0.29) is 23.0 Å². The van der Waals surface area contributed by atoms with Crippen molar-refractivity contribution >= 4 is 34.6 Å². The Hall–Kier alpha value is -3.32. The van der Waals surface area contributed by atoms with E-state index in [1.54, 1.807) is 6.07 Å².